The molecule has 1 N–H and O–H groups in total. The van der Waals surface area contributed by atoms with Gasteiger partial charge in [-0.25, -0.2) is 4.98 Å². The molecule has 2 fully saturated rings. The molecule has 2 heterocycles. The third-order valence-corrected chi connectivity index (χ3v) is 6.17. The van der Waals surface area contributed by atoms with Crippen molar-refractivity contribution in [2.75, 3.05) is 0 Å². The maximum absolute atomic E-state index is 12.5. The minimum absolute atomic E-state index is 0.152. The monoisotopic (exact) mass is 315 g/mol. The van der Waals surface area contributed by atoms with Crippen LogP contribution in [0.5, 0.6) is 0 Å². The quantitative estimate of drug-likeness (QED) is 0.927. The van der Waals surface area contributed by atoms with E-state index in [2.05, 4.69) is 9.88 Å². The normalized spacial score (nSPS) is 26.2. The third-order valence-electron chi connectivity index (χ3n) is 6.17. The Kier molecular flexibility index (Phi) is 4.41. The molecule has 4 nitrogen and oxygen atoms in total. The average molecular weight is 315 g/mol. The number of fused-ring (bicyclic) bond motifs is 1. The molecule has 126 valence electrons. The summed E-state index contributed by atoms with van der Waals surface area (Å²) >= 11 is 0. The first-order valence-corrected chi connectivity index (χ1v) is 9.66. The molecule has 23 heavy (non-hydrogen) atoms. The van der Waals surface area contributed by atoms with Crippen LogP contribution in [0.3, 0.4) is 0 Å². The number of nitrogens with zero attached hydrogens (tertiary/aromatic N) is 2. The summed E-state index contributed by atoms with van der Waals surface area (Å²) in [6, 6.07) is 0.437. The van der Waals surface area contributed by atoms with Gasteiger partial charge in [-0.15, -0.1) is 0 Å². The molecule has 4 heteroatoms. The van der Waals surface area contributed by atoms with E-state index < -0.39 is 0 Å². The number of imidazole rings is 1. The Balaban J connectivity index is 1.41. The Morgan fingerprint density at radius 2 is 1.78 bits per heavy atom. The van der Waals surface area contributed by atoms with E-state index >= 15 is 0 Å². The fourth-order valence-electron chi connectivity index (χ4n) is 4.79. The summed E-state index contributed by atoms with van der Waals surface area (Å²) in [6.07, 6.45) is 15.4. The fraction of sp³-hybridized carbons (Fsp3) is 0.789. The molecule has 2 aliphatic carbocycles. The molecule has 1 unspecified atom stereocenters. The van der Waals surface area contributed by atoms with Crippen LogP contribution in [0.2, 0.25) is 0 Å². The fourth-order valence-corrected chi connectivity index (χ4v) is 4.79. The van der Waals surface area contributed by atoms with Gasteiger partial charge in [0, 0.05) is 42.7 Å². The second kappa shape index (κ2) is 6.66. The highest BCUT2D eigenvalue weighted by Crippen LogP contribution is 2.34. The summed E-state index contributed by atoms with van der Waals surface area (Å²) in [5.41, 5.74) is 1.28. The first kappa shape index (κ1) is 15.2. The van der Waals surface area contributed by atoms with Crippen LogP contribution < -0.4 is 5.32 Å². The summed E-state index contributed by atoms with van der Waals surface area (Å²) < 4.78 is 2.43. The van der Waals surface area contributed by atoms with E-state index in [-0.39, 0.29) is 11.8 Å². The highest BCUT2D eigenvalue weighted by molar-refractivity contribution is 5.79. The maximum atomic E-state index is 12.5. The maximum Gasteiger partial charge on any atom is 0.223 e. The van der Waals surface area contributed by atoms with Crippen molar-refractivity contribution in [3.63, 3.8) is 0 Å². The van der Waals surface area contributed by atoms with E-state index in [1.807, 2.05) is 6.20 Å². The van der Waals surface area contributed by atoms with Crippen LogP contribution >= 0.6 is 0 Å². The molecular formula is C19H29N3O. The number of aromatic nitrogens is 2. The zero-order valence-corrected chi connectivity index (χ0v) is 14.1. The largest absolute Gasteiger partial charge is 0.353 e. The Morgan fingerprint density at radius 3 is 2.57 bits per heavy atom. The van der Waals surface area contributed by atoms with Crippen molar-refractivity contribution < 1.29 is 4.79 Å². The SMILES string of the molecule is O=C(NC1CCCC1)C1CCn2c(cnc2C2CCCCC2)C1. The van der Waals surface area contributed by atoms with Crippen molar-refractivity contribution >= 4 is 5.91 Å². The van der Waals surface area contributed by atoms with Crippen LogP contribution in [0.25, 0.3) is 0 Å². The van der Waals surface area contributed by atoms with Crippen molar-refractivity contribution in [3.8, 4) is 0 Å². The van der Waals surface area contributed by atoms with Gasteiger partial charge in [0.1, 0.15) is 5.82 Å². The molecule has 0 saturated heterocycles. The molecule has 1 amide bonds. The van der Waals surface area contributed by atoms with Crippen molar-refractivity contribution in [2.24, 2.45) is 5.92 Å². The number of hydrogen-bond donors (Lipinski definition) is 1. The topological polar surface area (TPSA) is 46.9 Å². The van der Waals surface area contributed by atoms with Gasteiger partial charge in [-0.2, -0.15) is 0 Å². The van der Waals surface area contributed by atoms with Gasteiger partial charge in [-0.1, -0.05) is 32.1 Å². The van der Waals surface area contributed by atoms with E-state index in [1.54, 1.807) is 0 Å². The van der Waals surface area contributed by atoms with Crippen molar-refractivity contribution in [1.29, 1.82) is 0 Å². The van der Waals surface area contributed by atoms with Crippen LogP contribution in [0.4, 0.5) is 0 Å². The van der Waals surface area contributed by atoms with Crippen LogP contribution in [0, 0.1) is 5.92 Å². The number of carbonyl (C=O) groups excluding carboxylic acids is 1. The summed E-state index contributed by atoms with van der Waals surface area (Å²) in [4.78, 5) is 17.3. The summed E-state index contributed by atoms with van der Waals surface area (Å²) in [6.45, 7) is 0.976. The van der Waals surface area contributed by atoms with Gasteiger partial charge in [0.2, 0.25) is 5.91 Å². The van der Waals surface area contributed by atoms with E-state index in [4.69, 9.17) is 4.98 Å². The second-order valence-electron chi connectivity index (χ2n) is 7.77. The number of nitrogens with one attached hydrogen (secondary N) is 1. The lowest BCUT2D eigenvalue weighted by Gasteiger charge is -2.28. The Labute approximate surface area is 139 Å². The summed E-state index contributed by atoms with van der Waals surface area (Å²) in [5.74, 6) is 2.39. The Morgan fingerprint density at radius 1 is 1.04 bits per heavy atom. The molecule has 1 atom stereocenters. The van der Waals surface area contributed by atoms with E-state index in [0.29, 0.717) is 12.0 Å². The molecule has 1 aromatic rings. The van der Waals surface area contributed by atoms with Crippen LogP contribution in [-0.2, 0) is 17.8 Å². The molecule has 0 spiro atoms. The van der Waals surface area contributed by atoms with Crippen LogP contribution in [0.15, 0.2) is 6.20 Å². The van der Waals surface area contributed by atoms with Crippen molar-refractivity contribution in [1.82, 2.24) is 14.9 Å². The van der Waals surface area contributed by atoms with E-state index in [9.17, 15) is 4.79 Å². The molecular weight excluding hydrogens is 286 g/mol. The predicted octanol–water partition coefficient (Wildman–Crippen LogP) is 3.55. The average Bonchev–Trinajstić information content (AvgIpc) is 3.24. The molecule has 2 saturated carbocycles. The zero-order valence-electron chi connectivity index (χ0n) is 14.1. The summed E-state index contributed by atoms with van der Waals surface area (Å²) in [7, 11) is 0. The minimum Gasteiger partial charge on any atom is -0.353 e. The zero-order chi connectivity index (χ0) is 15.6. The highest BCUT2D eigenvalue weighted by atomic mass is 16.1. The number of carbonyl (C=O) groups is 1. The highest BCUT2D eigenvalue weighted by Gasteiger charge is 2.30. The van der Waals surface area contributed by atoms with Crippen LogP contribution in [0.1, 0.15) is 81.6 Å². The smallest absolute Gasteiger partial charge is 0.223 e. The minimum atomic E-state index is 0.152. The van der Waals surface area contributed by atoms with Crippen molar-refractivity contribution in [3.05, 3.63) is 17.7 Å². The first-order valence-electron chi connectivity index (χ1n) is 9.66. The summed E-state index contributed by atoms with van der Waals surface area (Å²) in [5, 5.41) is 3.28. The van der Waals surface area contributed by atoms with Gasteiger partial charge in [0.25, 0.3) is 0 Å². The van der Waals surface area contributed by atoms with Gasteiger partial charge in [-0.05, 0) is 32.1 Å². The molecule has 0 radical (unpaired) electrons. The molecule has 3 aliphatic rings. The van der Waals surface area contributed by atoms with Gasteiger partial charge in [0.15, 0.2) is 0 Å². The number of hydrogen-bond acceptors (Lipinski definition) is 2. The van der Waals surface area contributed by atoms with E-state index in [0.717, 1.165) is 19.4 Å². The lowest BCUT2D eigenvalue weighted by Crippen LogP contribution is -2.40. The van der Waals surface area contributed by atoms with Gasteiger partial charge in [0.05, 0.1) is 0 Å². The second-order valence-corrected chi connectivity index (χ2v) is 7.77. The number of amides is 1. The van der Waals surface area contributed by atoms with E-state index in [1.165, 1.54) is 69.3 Å². The lowest BCUT2D eigenvalue weighted by molar-refractivity contribution is -0.126. The lowest BCUT2D eigenvalue weighted by atomic mass is 9.88. The molecule has 1 aromatic heterocycles. The first-order chi connectivity index (χ1) is 11.3. The van der Waals surface area contributed by atoms with Gasteiger partial charge in [-0.3, -0.25) is 4.79 Å². The van der Waals surface area contributed by atoms with Gasteiger partial charge < -0.3 is 9.88 Å². The Bertz CT molecular complexity index is 553. The van der Waals surface area contributed by atoms with Gasteiger partial charge >= 0.3 is 0 Å². The standard InChI is InChI=1S/C19H29N3O/c23-19(21-16-8-4-5-9-16)15-10-11-22-17(12-15)13-20-18(22)14-6-2-1-3-7-14/h13-16H,1-12H2,(H,21,23). The Hall–Kier alpha value is -1.32. The molecule has 0 aromatic carbocycles. The molecule has 4 rings (SSSR count). The van der Waals surface area contributed by atoms with Crippen molar-refractivity contribution in [2.45, 2.75) is 89.1 Å². The third kappa shape index (κ3) is 3.17. The predicted molar refractivity (Wildman–Crippen MR) is 90.3 cm³/mol. The number of rotatable bonds is 3. The van der Waals surface area contributed by atoms with Crippen LogP contribution in [-0.4, -0.2) is 21.5 Å². The molecule has 1 aliphatic heterocycles. The molecule has 0 bridgehead atoms.